The smallest absolute Gasteiger partial charge is 0.410 e. The number of aromatic amines is 1. The van der Waals surface area contributed by atoms with Crippen LogP contribution in [0.2, 0.25) is 0 Å². The van der Waals surface area contributed by atoms with Gasteiger partial charge in [-0.3, -0.25) is 10.00 Å². The van der Waals surface area contributed by atoms with Crippen molar-refractivity contribution in [1.82, 2.24) is 20.1 Å². The SMILES string of the molecule is CC(C)(C)OC(=O)N1CCCC1c1nc(N)n[nH]1. The third-order valence-corrected chi connectivity index (χ3v) is 2.72. The summed E-state index contributed by atoms with van der Waals surface area (Å²) in [7, 11) is 0. The predicted molar refractivity (Wildman–Crippen MR) is 65.7 cm³/mol. The van der Waals surface area contributed by atoms with E-state index in [0.29, 0.717) is 12.4 Å². The van der Waals surface area contributed by atoms with Crippen molar-refractivity contribution in [2.45, 2.75) is 45.3 Å². The van der Waals surface area contributed by atoms with E-state index in [4.69, 9.17) is 10.5 Å². The lowest BCUT2D eigenvalue weighted by atomic mass is 10.2. The minimum absolute atomic E-state index is 0.121. The Morgan fingerprint density at radius 3 is 2.83 bits per heavy atom. The highest BCUT2D eigenvalue weighted by Gasteiger charge is 2.34. The lowest BCUT2D eigenvalue weighted by molar-refractivity contribution is 0.0218. The fraction of sp³-hybridized carbons (Fsp3) is 0.727. The largest absolute Gasteiger partial charge is 0.444 e. The van der Waals surface area contributed by atoms with Gasteiger partial charge in [-0.25, -0.2) is 4.79 Å². The number of H-pyrrole nitrogens is 1. The van der Waals surface area contributed by atoms with E-state index in [1.807, 2.05) is 20.8 Å². The number of anilines is 1. The van der Waals surface area contributed by atoms with Gasteiger partial charge < -0.3 is 10.5 Å². The van der Waals surface area contributed by atoms with E-state index in [1.54, 1.807) is 4.90 Å². The molecule has 1 aliphatic rings. The van der Waals surface area contributed by atoms with Crippen molar-refractivity contribution in [3.8, 4) is 0 Å². The molecule has 1 saturated heterocycles. The zero-order chi connectivity index (χ0) is 13.3. The van der Waals surface area contributed by atoms with Crippen LogP contribution in [0, 0.1) is 0 Å². The van der Waals surface area contributed by atoms with Crippen molar-refractivity contribution in [2.24, 2.45) is 0 Å². The lowest BCUT2D eigenvalue weighted by Crippen LogP contribution is -2.36. The fourth-order valence-electron chi connectivity index (χ4n) is 2.03. The topological polar surface area (TPSA) is 97.1 Å². The molecule has 1 atom stereocenters. The van der Waals surface area contributed by atoms with Crippen LogP contribution in [0.4, 0.5) is 10.7 Å². The first-order chi connectivity index (χ1) is 8.37. The molecular weight excluding hydrogens is 234 g/mol. The number of hydrogen-bond acceptors (Lipinski definition) is 5. The molecule has 0 aliphatic carbocycles. The molecule has 1 fully saturated rings. The number of nitrogens with zero attached hydrogens (tertiary/aromatic N) is 3. The Balaban J connectivity index is 2.10. The van der Waals surface area contributed by atoms with E-state index in [1.165, 1.54) is 0 Å². The van der Waals surface area contributed by atoms with Crippen LogP contribution in [-0.4, -0.2) is 38.3 Å². The summed E-state index contributed by atoms with van der Waals surface area (Å²) < 4.78 is 5.37. The number of amides is 1. The van der Waals surface area contributed by atoms with Crippen molar-refractivity contribution < 1.29 is 9.53 Å². The Morgan fingerprint density at radius 1 is 1.56 bits per heavy atom. The number of rotatable bonds is 1. The molecule has 1 unspecified atom stereocenters. The first-order valence-corrected chi connectivity index (χ1v) is 6.04. The zero-order valence-corrected chi connectivity index (χ0v) is 10.9. The van der Waals surface area contributed by atoms with E-state index in [9.17, 15) is 4.79 Å². The van der Waals surface area contributed by atoms with E-state index >= 15 is 0 Å². The molecule has 1 aromatic heterocycles. The van der Waals surface area contributed by atoms with Gasteiger partial charge in [0.05, 0.1) is 6.04 Å². The molecule has 0 bridgehead atoms. The standard InChI is InChI=1S/C11H19N5O2/c1-11(2,3)18-10(17)16-6-4-5-7(16)8-13-9(12)15-14-8/h7H,4-6H2,1-3H3,(H3,12,13,14,15). The van der Waals surface area contributed by atoms with Gasteiger partial charge in [-0.05, 0) is 33.6 Å². The average molecular weight is 253 g/mol. The maximum atomic E-state index is 12.1. The molecule has 1 amide bonds. The van der Waals surface area contributed by atoms with Crippen LogP contribution in [0.3, 0.4) is 0 Å². The molecular formula is C11H19N5O2. The maximum Gasteiger partial charge on any atom is 0.410 e. The zero-order valence-electron chi connectivity index (χ0n) is 10.9. The van der Waals surface area contributed by atoms with Crippen molar-refractivity contribution in [1.29, 1.82) is 0 Å². The number of nitrogens with two attached hydrogens (primary N) is 1. The van der Waals surface area contributed by atoms with Gasteiger partial charge in [-0.15, -0.1) is 5.10 Å². The van der Waals surface area contributed by atoms with Crippen molar-refractivity contribution >= 4 is 12.0 Å². The Labute approximate surface area is 106 Å². The van der Waals surface area contributed by atoms with E-state index in [2.05, 4.69) is 15.2 Å². The van der Waals surface area contributed by atoms with Crippen LogP contribution in [0.25, 0.3) is 0 Å². The number of nitrogens with one attached hydrogen (secondary N) is 1. The molecule has 0 saturated carbocycles. The highest BCUT2D eigenvalue weighted by atomic mass is 16.6. The third-order valence-electron chi connectivity index (χ3n) is 2.72. The fourth-order valence-corrected chi connectivity index (χ4v) is 2.03. The molecule has 3 N–H and O–H groups in total. The molecule has 7 heteroatoms. The van der Waals surface area contributed by atoms with Crippen molar-refractivity contribution in [3.05, 3.63) is 5.82 Å². The van der Waals surface area contributed by atoms with Crippen LogP contribution in [0.5, 0.6) is 0 Å². The Bertz CT molecular complexity index is 437. The van der Waals surface area contributed by atoms with Crippen molar-refractivity contribution in [2.75, 3.05) is 12.3 Å². The molecule has 0 aromatic carbocycles. The predicted octanol–water partition coefficient (Wildman–Crippen LogP) is 1.46. The molecule has 1 aromatic rings. The summed E-state index contributed by atoms with van der Waals surface area (Å²) >= 11 is 0. The van der Waals surface area contributed by atoms with Crippen LogP contribution >= 0.6 is 0 Å². The first-order valence-electron chi connectivity index (χ1n) is 6.04. The van der Waals surface area contributed by atoms with Gasteiger partial charge in [0.15, 0.2) is 0 Å². The first kappa shape index (κ1) is 12.7. The third kappa shape index (κ3) is 2.72. The molecule has 0 radical (unpaired) electrons. The summed E-state index contributed by atoms with van der Waals surface area (Å²) in [6, 6.07) is -0.121. The minimum atomic E-state index is -0.495. The molecule has 1 aliphatic heterocycles. The van der Waals surface area contributed by atoms with Crippen LogP contribution < -0.4 is 5.73 Å². The lowest BCUT2D eigenvalue weighted by Gasteiger charge is -2.27. The monoisotopic (exact) mass is 253 g/mol. The summed E-state index contributed by atoms with van der Waals surface area (Å²) in [5.41, 5.74) is 4.99. The molecule has 2 heterocycles. The number of nitrogen functional groups attached to an aromatic ring is 1. The number of hydrogen-bond donors (Lipinski definition) is 2. The highest BCUT2D eigenvalue weighted by Crippen LogP contribution is 2.31. The van der Waals surface area contributed by atoms with E-state index < -0.39 is 5.60 Å². The number of ether oxygens (including phenoxy) is 1. The van der Waals surface area contributed by atoms with E-state index in [-0.39, 0.29) is 18.1 Å². The average Bonchev–Trinajstić information content (AvgIpc) is 2.81. The van der Waals surface area contributed by atoms with Crippen molar-refractivity contribution in [3.63, 3.8) is 0 Å². The molecule has 2 rings (SSSR count). The van der Waals surface area contributed by atoms with Gasteiger partial charge in [-0.1, -0.05) is 0 Å². The number of carbonyl (C=O) groups is 1. The second-order valence-corrected chi connectivity index (χ2v) is 5.41. The van der Waals surface area contributed by atoms with Crippen LogP contribution in [0.1, 0.15) is 45.5 Å². The van der Waals surface area contributed by atoms with Gasteiger partial charge in [0.2, 0.25) is 5.95 Å². The molecule has 100 valence electrons. The summed E-state index contributed by atoms with van der Waals surface area (Å²) in [6.07, 6.45) is 1.44. The number of aromatic nitrogens is 3. The Hall–Kier alpha value is -1.79. The summed E-state index contributed by atoms with van der Waals surface area (Å²) in [6.45, 7) is 6.22. The number of carbonyl (C=O) groups excluding carboxylic acids is 1. The maximum absolute atomic E-state index is 12.1. The summed E-state index contributed by atoms with van der Waals surface area (Å²) in [5.74, 6) is 0.817. The second-order valence-electron chi connectivity index (χ2n) is 5.41. The molecule has 7 nitrogen and oxygen atoms in total. The summed E-state index contributed by atoms with van der Waals surface area (Å²) in [5, 5.41) is 6.55. The quantitative estimate of drug-likeness (QED) is 0.789. The normalized spacial score (nSPS) is 20.2. The van der Waals surface area contributed by atoms with E-state index in [0.717, 1.165) is 12.8 Å². The van der Waals surface area contributed by atoms with Crippen LogP contribution in [-0.2, 0) is 4.74 Å². The van der Waals surface area contributed by atoms with Crippen LogP contribution in [0.15, 0.2) is 0 Å². The van der Waals surface area contributed by atoms with Gasteiger partial charge in [-0.2, -0.15) is 4.98 Å². The number of likely N-dealkylation sites (tertiary alicyclic amines) is 1. The molecule has 0 spiro atoms. The van der Waals surface area contributed by atoms with Gasteiger partial charge in [0.25, 0.3) is 0 Å². The Morgan fingerprint density at radius 2 is 2.28 bits per heavy atom. The minimum Gasteiger partial charge on any atom is -0.444 e. The summed E-state index contributed by atoms with van der Waals surface area (Å²) in [4.78, 5) is 17.8. The second kappa shape index (κ2) is 4.47. The van der Waals surface area contributed by atoms with Gasteiger partial charge in [0, 0.05) is 6.54 Å². The van der Waals surface area contributed by atoms with Gasteiger partial charge >= 0.3 is 6.09 Å². The highest BCUT2D eigenvalue weighted by molar-refractivity contribution is 5.69. The van der Waals surface area contributed by atoms with Gasteiger partial charge in [0.1, 0.15) is 11.4 Å². The Kier molecular flexibility index (Phi) is 3.14. The molecule has 18 heavy (non-hydrogen) atoms.